The molecular weight excluding hydrogens is 318 g/mol. The van der Waals surface area contributed by atoms with Gasteiger partial charge in [-0.2, -0.15) is 0 Å². The molecule has 24 heavy (non-hydrogen) atoms. The summed E-state index contributed by atoms with van der Waals surface area (Å²) in [7, 11) is 0. The van der Waals surface area contributed by atoms with Gasteiger partial charge in [-0.05, 0) is 37.4 Å². The van der Waals surface area contributed by atoms with Gasteiger partial charge in [-0.25, -0.2) is 0 Å². The topological polar surface area (TPSA) is 23.5 Å². The molecule has 2 unspecified atom stereocenters. The van der Waals surface area contributed by atoms with Crippen LogP contribution in [0.1, 0.15) is 37.8 Å². The van der Waals surface area contributed by atoms with Crippen LogP contribution in [0.15, 0.2) is 60.7 Å². The Morgan fingerprint density at radius 2 is 1.54 bits per heavy atom. The zero-order valence-corrected chi connectivity index (χ0v) is 15.4. The highest BCUT2D eigenvalue weighted by Gasteiger charge is 2.39. The molecule has 130 valence electrons. The Labute approximate surface area is 151 Å². The number of hydrogen-bond donors (Lipinski definition) is 1. The molecule has 0 spiro atoms. The first-order chi connectivity index (χ1) is 11.1. The third kappa shape index (κ3) is 3.66. The summed E-state index contributed by atoms with van der Waals surface area (Å²) in [5, 5.41) is 11.7. The maximum Gasteiger partial charge on any atom is 0.118 e. The molecule has 1 saturated heterocycles. The van der Waals surface area contributed by atoms with E-state index < -0.39 is 5.60 Å². The third-order valence-corrected chi connectivity index (χ3v) is 5.34. The summed E-state index contributed by atoms with van der Waals surface area (Å²) >= 11 is 0. The molecular formula is C21H28ClNO. The molecule has 0 aromatic heterocycles. The summed E-state index contributed by atoms with van der Waals surface area (Å²) < 4.78 is 0. The van der Waals surface area contributed by atoms with E-state index in [-0.39, 0.29) is 18.3 Å². The summed E-state index contributed by atoms with van der Waals surface area (Å²) in [6.07, 6.45) is 2.53. The van der Waals surface area contributed by atoms with Crippen LogP contribution in [0.25, 0.3) is 0 Å². The molecule has 1 N–H and O–H groups in total. The molecule has 0 aliphatic carbocycles. The van der Waals surface area contributed by atoms with Crippen LogP contribution in [-0.2, 0) is 5.60 Å². The number of rotatable bonds is 5. The third-order valence-electron chi connectivity index (χ3n) is 5.34. The summed E-state index contributed by atoms with van der Waals surface area (Å²) in [6.45, 7) is 6.53. The lowest BCUT2D eigenvalue weighted by Crippen LogP contribution is -2.43. The van der Waals surface area contributed by atoms with Crippen LogP contribution in [-0.4, -0.2) is 29.1 Å². The van der Waals surface area contributed by atoms with Gasteiger partial charge in [0.05, 0.1) is 0 Å². The molecule has 2 aromatic carbocycles. The number of nitrogens with zero attached hydrogens (tertiary/aromatic N) is 1. The minimum atomic E-state index is -0.954. The summed E-state index contributed by atoms with van der Waals surface area (Å²) in [5.74, 6) is 0.118. The smallest absolute Gasteiger partial charge is 0.118 e. The van der Waals surface area contributed by atoms with Gasteiger partial charge in [-0.3, -0.25) is 0 Å². The molecule has 1 heterocycles. The first kappa shape index (κ1) is 19.0. The number of benzene rings is 2. The molecule has 0 bridgehead atoms. The molecule has 2 aromatic rings. The van der Waals surface area contributed by atoms with Gasteiger partial charge in [-0.1, -0.05) is 67.6 Å². The highest BCUT2D eigenvalue weighted by molar-refractivity contribution is 5.85. The van der Waals surface area contributed by atoms with Crippen LogP contribution in [0.3, 0.4) is 0 Å². The lowest BCUT2D eigenvalue weighted by atomic mass is 9.76. The van der Waals surface area contributed by atoms with Gasteiger partial charge in [-0.15, -0.1) is 12.4 Å². The van der Waals surface area contributed by atoms with Crippen molar-refractivity contribution in [2.24, 2.45) is 5.92 Å². The van der Waals surface area contributed by atoms with Crippen LogP contribution in [0.4, 0.5) is 0 Å². The van der Waals surface area contributed by atoms with Crippen molar-refractivity contribution in [3.63, 3.8) is 0 Å². The van der Waals surface area contributed by atoms with Crippen molar-refractivity contribution in [2.45, 2.75) is 38.3 Å². The Morgan fingerprint density at radius 3 is 1.96 bits per heavy atom. The van der Waals surface area contributed by atoms with E-state index in [4.69, 9.17) is 0 Å². The number of likely N-dealkylation sites (tertiary alicyclic amines) is 1. The second kappa shape index (κ2) is 8.15. The van der Waals surface area contributed by atoms with Crippen LogP contribution in [0.5, 0.6) is 0 Å². The highest BCUT2D eigenvalue weighted by Crippen LogP contribution is 2.38. The van der Waals surface area contributed by atoms with Crippen molar-refractivity contribution in [3.8, 4) is 0 Å². The second-order valence-corrected chi connectivity index (χ2v) is 6.89. The van der Waals surface area contributed by atoms with Gasteiger partial charge in [0.25, 0.3) is 0 Å². The first-order valence-corrected chi connectivity index (χ1v) is 8.70. The van der Waals surface area contributed by atoms with Gasteiger partial charge in [0.15, 0.2) is 0 Å². The number of aliphatic hydroxyl groups is 1. The van der Waals surface area contributed by atoms with Crippen molar-refractivity contribution in [1.82, 2.24) is 4.90 Å². The van der Waals surface area contributed by atoms with Crippen LogP contribution in [0, 0.1) is 5.92 Å². The number of halogens is 1. The van der Waals surface area contributed by atoms with E-state index in [0.29, 0.717) is 6.04 Å². The molecule has 0 amide bonds. The van der Waals surface area contributed by atoms with Crippen molar-refractivity contribution >= 4 is 12.4 Å². The molecule has 1 aliphatic heterocycles. The molecule has 1 aliphatic rings. The van der Waals surface area contributed by atoms with E-state index in [2.05, 4.69) is 18.7 Å². The SMILES string of the molecule is CC1CCCN1CC(C)C(O)(c1ccccc1)c1ccccc1.Cl. The Balaban J connectivity index is 0.00000208. The fourth-order valence-corrected chi connectivity index (χ4v) is 3.87. The van der Waals surface area contributed by atoms with Crippen molar-refractivity contribution in [1.29, 1.82) is 0 Å². The van der Waals surface area contributed by atoms with E-state index in [0.717, 1.165) is 24.2 Å². The fourth-order valence-electron chi connectivity index (χ4n) is 3.87. The Hall–Kier alpha value is -1.35. The second-order valence-electron chi connectivity index (χ2n) is 6.89. The largest absolute Gasteiger partial charge is 0.380 e. The lowest BCUT2D eigenvalue weighted by Gasteiger charge is -2.38. The lowest BCUT2D eigenvalue weighted by molar-refractivity contribution is 0.00647. The Bertz CT molecular complexity index is 577. The van der Waals surface area contributed by atoms with Crippen LogP contribution in [0.2, 0.25) is 0 Å². The summed E-state index contributed by atoms with van der Waals surface area (Å²) in [4.78, 5) is 2.52. The molecule has 2 atom stereocenters. The maximum absolute atomic E-state index is 11.7. The van der Waals surface area contributed by atoms with Gasteiger partial charge < -0.3 is 10.0 Å². The van der Waals surface area contributed by atoms with Gasteiger partial charge in [0.2, 0.25) is 0 Å². The Kier molecular flexibility index (Phi) is 6.45. The van der Waals surface area contributed by atoms with E-state index in [1.807, 2.05) is 60.7 Å². The highest BCUT2D eigenvalue weighted by atomic mass is 35.5. The van der Waals surface area contributed by atoms with Crippen LogP contribution >= 0.6 is 12.4 Å². The maximum atomic E-state index is 11.7. The van der Waals surface area contributed by atoms with Gasteiger partial charge in [0.1, 0.15) is 5.60 Å². The quantitative estimate of drug-likeness (QED) is 0.864. The molecule has 3 rings (SSSR count). The van der Waals surface area contributed by atoms with E-state index >= 15 is 0 Å². The molecule has 0 saturated carbocycles. The molecule has 2 nitrogen and oxygen atoms in total. The minimum Gasteiger partial charge on any atom is -0.380 e. The van der Waals surface area contributed by atoms with Gasteiger partial charge >= 0.3 is 0 Å². The van der Waals surface area contributed by atoms with Crippen LogP contribution < -0.4 is 0 Å². The van der Waals surface area contributed by atoms with Crippen molar-refractivity contribution in [3.05, 3.63) is 71.8 Å². The average molecular weight is 346 g/mol. The zero-order chi connectivity index (χ0) is 16.3. The number of hydrogen-bond acceptors (Lipinski definition) is 2. The minimum absolute atomic E-state index is 0. The van der Waals surface area contributed by atoms with E-state index in [1.54, 1.807) is 0 Å². The van der Waals surface area contributed by atoms with Crippen molar-refractivity contribution in [2.75, 3.05) is 13.1 Å². The van der Waals surface area contributed by atoms with E-state index in [1.165, 1.54) is 12.8 Å². The Morgan fingerprint density at radius 1 is 1.04 bits per heavy atom. The predicted octanol–water partition coefficient (Wildman–Crippen LogP) is 4.46. The fraction of sp³-hybridized carbons (Fsp3) is 0.429. The van der Waals surface area contributed by atoms with E-state index in [9.17, 15) is 5.11 Å². The monoisotopic (exact) mass is 345 g/mol. The first-order valence-electron chi connectivity index (χ1n) is 8.70. The summed E-state index contributed by atoms with van der Waals surface area (Å²) in [5.41, 5.74) is 1.00. The van der Waals surface area contributed by atoms with Gasteiger partial charge in [0, 0.05) is 18.5 Å². The normalized spacial score (nSPS) is 19.7. The molecule has 3 heteroatoms. The predicted molar refractivity (Wildman–Crippen MR) is 103 cm³/mol. The summed E-state index contributed by atoms with van der Waals surface area (Å²) in [6, 6.07) is 20.8. The molecule has 1 fully saturated rings. The zero-order valence-electron chi connectivity index (χ0n) is 14.6. The molecule has 0 radical (unpaired) electrons. The standard InChI is InChI=1S/C21H27NO.ClH/c1-17(16-22-15-9-10-18(22)2)21(23,19-11-5-3-6-12-19)20-13-7-4-8-14-20;/h3-8,11-14,17-18,23H,9-10,15-16H2,1-2H3;1H. The van der Waals surface area contributed by atoms with Crippen molar-refractivity contribution < 1.29 is 5.11 Å². The average Bonchev–Trinajstić information content (AvgIpc) is 3.00.